The zero-order valence-corrected chi connectivity index (χ0v) is 19.8. The lowest BCUT2D eigenvalue weighted by atomic mass is 9.35. The van der Waals surface area contributed by atoms with Gasteiger partial charge in [0.1, 0.15) is 23.0 Å². The molecule has 8 rings (SSSR count). The van der Waals surface area contributed by atoms with E-state index >= 15 is 0 Å². The minimum Gasteiger partial charge on any atom is -0.458 e. The number of hydrogen-bond donors (Lipinski definition) is 0. The number of nitrogens with zero attached hydrogens (tertiary/aromatic N) is 1. The Morgan fingerprint density at radius 3 is 2.31 bits per heavy atom. The fourth-order valence-electron chi connectivity index (χ4n) is 6.32. The van der Waals surface area contributed by atoms with Crippen molar-refractivity contribution in [3.63, 3.8) is 0 Å². The molecule has 0 amide bonds. The Balaban J connectivity index is 1.35. The third kappa shape index (κ3) is 2.75. The number of ether oxygens (including phenoxy) is 2. The monoisotopic (exact) mass is 473 g/mol. The summed E-state index contributed by atoms with van der Waals surface area (Å²) in [6.07, 6.45) is 4.77. The maximum atomic E-state index is 6.54. The van der Waals surface area contributed by atoms with E-state index in [2.05, 4.69) is 53.1 Å². The number of aromatic nitrogens is 1. The topological polar surface area (TPSA) is 23.4 Å². The highest BCUT2D eigenvalue weighted by atomic mass is 35.5. The van der Waals surface area contributed by atoms with Gasteiger partial charge in [0.05, 0.1) is 5.52 Å². The molecule has 0 saturated carbocycles. The van der Waals surface area contributed by atoms with E-state index in [-0.39, 0.29) is 6.71 Å². The van der Waals surface area contributed by atoms with Gasteiger partial charge in [-0.3, -0.25) is 0 Å². The Hall–Kier alpha value is -3.63. The lowest BCUT2D eigenvalue weighted by molar-refractivity contribution is 0.464. The number of halogens is 1. The van der Waals surface area contributed by atoms with E-state index in [1.807, 2.05) is 30.3 Å². The average molecular weight is 474 g/mol. The van der Waals surface area contributed by atoms with Crippen molar-refractivity contribution >= 4 is 45.6 Å². The largest absolute Gasteiger partial charge is 0.458 e. The standard InChI is InChI=1S/C30H21BClNO2/c32-18-12-14-22-28(16-18)34-26-10-5-11-27-30(26)31(22)23-15-13-19(17-29(23)35-27)33-24-8-3-1-6-20(24)21-7-2-4-9-25(21)33/h1,3,5-6,8,10-17H,2,4,7,9H2. The minimum absolute atomic E-state index is 0.0512. The van der Waals surface area contributed by atoms with Gasteiger partial charge >= 0.3 is 0 Å². The molecule has 0 radical (unpaired) electrons. The average Bonchev–Trinajstić information content (AvgIpc) is 3.22. The Labute approximate surface area is 208 Å². The second kappa shape index (κ2) is 7.19. The summed E-state index contributed by atoms with van der Waals surface area (Å²) in [5, 5.41) is 2.06. The van der Waals surface area contributed by atoms with Crippen LogP contribution in [0.25, 0.3) is 16.6 Å². The third-order valence-electron chi connectivity index (χ3n) is 7.79. The van der Waals surface area contributed by atoms with Gasteiger partial charge in [-0.1, -0.05) is 48.0 Å². The van der Waals surface area contributed by atoms with Crippen LogP contribution in [0.3, 0.4) is 0 Å². The smallest absolute Gasteiger partial charge is 0.260 e. The molecule has 3 heterocycles. The summed E-state index contributed by atoms with van der Waals surface area (Å²) in [5.74, 6) is 3.41. The van der Waals surface area contributed by atoms with Crippen molar-refractivity contribution in [3.05, 3.63) is 95.1 Å². The molecule has 0 unspecified atom stereocenters. The van der Waals surface area contributed by atoms with E-state index in [1.54, 1.807) is 0 Å². The number of fused-ring (bicyclic) bond motifs is 7. The van der Waals surface area contributed by atoms with E-state index in [4.69, 9.17) is 21.1 Å². The van der Waals surface area contributed by atoms with Crippen LogP contribution in [0, 0.1) is 0 Å². The predicted octanol–water partition coefficient (Wildman–Crippen LogP) is 5.89. The van der Waals surface area contributed by atoms with Crippen LogP contribution < -0.4 is 25.9 Å². The molecular weight excluding hydrogens is 453 g/mol. The van der Waals surface area contributed by atoms with E-state index < -0.39 is 0 Å². The van der Waals surface area contributed by atoms with Gasteiger partial charge in [-0.15, -0.1) is 0 Å². The second-order valence-corrected chi connectivity index (χ2v) is 10.1. The van der Waals surface area contributed by atoms with E-state index in [1.165, 1.54) is 35.0 Å². The van der Waals surface area contributed by atoms with Crippen molar-refractivity contribution in [2.45, 2.75) is 25.7 Å². The van der Waals surface area contributed by atoms with Crippen molar-refractivity contribution in [1.29, 1.82) is 0 Å². The summed E-state index contributed by atoms with van der Waals surface area (Å²) in [4.78, 5) is 0. The van der Waals surface area contributed by atoms with Gasteiger partial charge in [0.25, 0.3) is 6.71 Å². The summed E-state index contributed by atoms with van der Waals surface area (Å²) >= 11 is 6.32. The van der Waals surface area contributed by atoms with E-state index in [0.29, 0.717) is 5.02 Å². The number of benzene rings is 4. The van der Waals surface area contributed by atoms with Crippen molar-refractivity contribution in [2.24, 2.45) is 0 Å². The third-order valence-corrected chi connectivity index (χ3v) is 8.02. The molecule has 35 heavy (non-hydrogen) atoms. The van der Waals surface area contributed by atoms with Gasteiger partial charge in [0, 0.05) is 33.3 Å². The summed E-state index contributed by atoms with van der Waals surface area (Å²) in [5.41, 5.74) is 8.76. The molecule has 0 fully saturated rings. The molecule has 0 bridgehead atoms. The highest BCUT2D eigenvalue weighted by molar-refractivity contribution is 6.98. The van der Waals surface area contributed by atoms with Gasteiger partial charge < -0.3 is 14.0 Å². The van der Waals surface area contributed by atoms with Crippen molar-refractivity contribution in [3.8, 4) is 28.7 Å². The Bertz CT molecular complexity index is 1690. The molecule has 2 aliphatic heterocycles. The summed E-state index contributed by atoms with van der Waals surface area (Å²) in [6, 6.07) is 27.5. The fourth-order valence-corrected chi connectivity index (χ4v) is 6.48. The first-order chi connectivity index (χ1) is 17.3. The van der Waals surface area contributed by atoms with Crippen molar-refractivity contribution in [1.82, 2.24) is 4.57 Å². The van der Waals surface area contributed by atoms with Crippen LogP contribution in [0.5, 0.6) is 23.0 Å². The van der Waals surface area contributed by atoms with Crippen molar-refractivity contribution in [2.75, 3.05) is 0 Å². The van der Waals surface area contributed by atoms with E-state index in [0.717, 1.165) is 57.9 Å². The first kappa shape index (κ1) is 19.7. The molecule has 0 spiro atoms. The zero-order chi connectivity index (χ0) is 23.1. The molecule has 168 valence electrons. The molecule has 1 aliphatic carbocycles. The molecule has 3 aliphatic rings. The predicted molar refractivity (Wildman–Crippen MR) is 143 cm³/mol. The highest BCUT2D eigenvalue weighted by Crippen LogP contribution is 2.38. The molecule has 5 heteroatoms. The Morgan fingerprint density at radius 1 is 0.714 bits per heavy atom. The van der Waals surface area contributed by atoms with Crippen LogP contribution in [0.1, 0.15) is 24.1 Å². The van der Waals surface area contributed by atoms with Crippen LogP contribution in [0.4, 0.5) is 0 Å². The molecule has 4 aromatic carbocycles. The molecule has 0 atom stereocenters. The fraction of sp³-hybridized carbons (Fsp3) is 0.133. The van der Waals surface area contributed by atoms with Crippen LogP contribution in [0.2, 0.25) is 5.02 Å². The summed E-state index contributed by atoms with van der Waals surface area (Å²) in [7, 11) is 0. The van der Waals surface area contributed by atoms with Crippen LogP contribution in [0.15, 0.2) is 78.9 Å². The van der Waals surface area contributed by atoms with E-state index in [9.17, 15) is 0 Å². The van der Waals surface area contributed by atoms with Crippen LogP contribution in [-0.4, -0.2) is 11.3 Å². The minimum atomic E-state index is 0.0512. The van der Waals surface area contributed by atoms with Gasteiger partial charge in [0.2, 0.25) is 0 Å². The molecule has 0 saturated heterocycles. The van der Waals surface area contributed by atoms with Crippen LogP contribution >= 0.6 is 11.6 Å². The SMILES string of the molecule is Clc1ccc2c(c1)Oc1cccc3c1B2c1ccc(-n2c4c(c5ccccc52)CCCC4)cc1O3. The van der Waals surface area contributed by atoms with Gasteiger partial charge in [-0.25, -0.2) is 0 Å². The number of hydrogen-bond acceptors (Lipinski definition) is 2. The Morgan fingerprint density at radius 2 is 1.46 bits per heavy atom. The lowest BCUT2D eigenvalue weighted by Gasteiger charge is -2.33. The second-order valence-electron chi connectivity index (χ2n) is 9.69. The maximum absolute atomic E-state index is 6.54. The molecular formula is C30H21BClNO2. The first-order valence-electron chi connectivity index (χ1n) is 12.3. The molecule has 1 aromatic heterocycles. The van der Waals surface area contributed by atoms with Gasteiger partial charge in [-0.2, -0.15) is 0 Å². The molecule has 0 N–H and O–H groups in total. The van der Waals surface area contributed by atoms with Crippen molar-refractivity contribution < 1.29 is 9.47 Å². The van der Waals surface area contributed by atoms with Gasteiger partial charge in [-0.05, 0) is 78.6 Å². The Kier molecular flexibility index (Phi) is 4.04. The normalized spacial score (nSPS) is 14.9. The summed E-state index contributed by atoms with van der Waals surface area (Å²) < 4.78 is 15.2. The van der Waals surface area contributed by atoms with Crippen LogP contribution in [-0.2, 0) is 12.8 Å². The molecule has 3 nitrogen and oxygen atoms in total. The number of para-hydroxylation sites is 1. The first-order valence-corrected chi connectivity index (χ1v) is 12.7. The number of rotatable bonds is 1. The molecule has 5 aromatic rings. The zero-order valence-electron chi connectivity index (χ0n) is 19.1. The lowest BCUT2D eigenvalue weighted by Crippen LogP contribution is -2.57. The van der Waals surface area contributed by atoms with Gasteiger partial charge in [0.15, 0.2) is 0 Å². The summed E-state index contributed by atoms with van der Waals surface area (Å²) in [6.45, 7) is 0.0512. The maximum Gasteiger partial charge on any atom is 0.260 e. The number of aryl methyl sites for hydroxylation is 1. The quantitative estimate of drug-likeness (QED) is 0.278. The highest BCUT2D eigenvalue weighted by Gasteiger charge is 2.40.